The zero-order chi connectivity index (χ0) is 20.4. The van der Waals surface area contributed by atoms with Crippen molar-refractivity contribution in [3.63, 3.8) is 0 Å². The largest absolute Gasteiger partial charge is 0.288 e. The summed E-state index contributed by atoms with van der Waals surface area (Å²) in [5.41, 5.74) is 5.20. The van der Waals surface area contributed by atoms with Gasteiger partial charge in [0, 0.05) is 16.7 Å². The average molecular weight is 397 g/mol. The molecule has 0 atom stereocenters. The van der Waals surface area contributed by atoms with Crippen LogP contribution in [-0.2, 0) is 0 Å². The Morgan fingerprint density at radius 3 is 1.72 bits per heavy atom. The molecule has 0 saturated carbocycles. The number of hydrogen-bond acceptors (Lipinski definition) is 3. The Balaban J connectivity index is 1.81. The molecule has 4 aromatic rings. The van der Waals surface area contributed by atoms with Crippen molar-refractivity contribution in [3.05, 3.63) is 117 Å². The van der Waals surface area contributed by atoms with Gasteiger partial charge in [0.25, 0.3) is 0 Å². The van der Waals surface area contributed by atoms with Gasteiger partial charge >= 0.3 is 0 Å². The molecule has 0 aliphatic rings. The predicted molar refractivity (Wildman–Crippen MR) is 119 cm³/mol. The topological polar surface area (TPSA) is 34.1 Å². The standard InChI is InChI=1S/C26H20O2S/c1-17-8-12-20(13-9-17)24(27)23-16-22(19-6-4-3-5-7-19)26(29-23)25(28)21-14-10-18(2)11-15-21/h3-16H,1-2H3. The Morgan fingerprint density at radius 2 is 1.17 bits per heavy atom. The van der Waals surface area contributed by atoms with E-state index in [1.54, 1.807) is 0 Å². The first-order chi connectivity index (χ1) is 14.0. The zero-order valence-electron chi connectivity index (χ0n) is 16.3. The van der Waals surface area contributed by atoms with Crippen LogP contribution in [0.25, 0.3) is 11.1 Å². The predicted octanol–water partition coefficient (Wildman–Crippen LogP) is 6.49. The van der Waals surface area contributed by atoms with Crippen LogP contribution >= 0.6 is 11.3 Å². The van der Waals surface area contributed by atoms with Crippen molar-refractivity contribution in [2.24, 2.45) is 0 Å². The van der Waals surface area contributed by atoms with Gasteiger partial charge in [0.05, 0.1) is 9.75 Å². The van der Waals surface area contributed by atoms with Crippen molar-refractivity contribution < 1.29 is 9.59 Å². The van der Waals surface area contributed by atoms with Crippen LogP contribution in [0.3, 0.4) is 0 Å². The number of carbonyl (C=O) groups excluding carboxylic acids is 2. The maximum absolute atomic E-state index is 13.3. The number of thiophene rings is 1. The molecule has 1 heterocycles. The Morgan fingerprint density at radius 1 is 0.655 bits per heavy atom. The van der Waals surface area contributed by atoms with Crippen LogP contribution in [0.15, 0.2) is 84.9 Å². The highest BCUT2D eigenvalue weighted by molar-refractivity contribution is 7.17. The summed E-state index contributed by atoms with van der Waals surface area (Å²) in [6, 6.07) is 26.7. The second-order valence-electron chi connectivity index (χ2n) is 7.11. The molecule has 0 aliphatic carbocycles. The molecule has 0 N–H and O–H groups in total. The molecule has 3 heteroatoms. The first-order valence-corrected chi connectivity index (χ1v) is 10.3. The molecule has 0 unspecified atom stereocenters. The Bertz CT molecular complexity index is 1170. The molecule has 4 rings (SSSR count). The molecule has 29 heavy (non-hydrogen) atoms. The Kier molecular flexibility index (Phi) is 5.24. The Hall–Kier alpha value is -3.30. The fourth-order valence-electron chi connectivity index (χ4n) is 3.19. The van der Waals surface area contributed by atoms with Gasteiger partial charge in [-0.2, -0.15) is 0 Å². The minimum absolute atomic E-state index is 0.0585. The highest BCUT2D eigenvalue weighted by atomic mass is 32.1. The van der Waals surface area contributed by atoms with Gasteiger partial charge in [-0.15, -0.1) is 11.3 Å². The van der Waals surface area contributed by atoms with E-state index in [4.69, 9.17) is 0 Å². The van der Waals surface area contributed by atoms with Crippen LogP contribution in [0.4, 0.5) is 0 Å². The average Bonchev–Trinajstić information content (AvgIpc) is 3.20. The highest BCUT2D eigenvalue weighted by Gasteiger charge is 2.22. The third-order valence-electron chi connectivity index (χ3n) is 4.87. The molecule has 0 saturated heterocycles. The molecule has 0 bridgehead atoms. The molecule has 0 spiro atoms. The summed E-state index contributed by atoms with van der Waals surface area (Å²) < 4.78 is 0. The van der Waals surface area contributed by atoms with E-state index in [2.05, 4.69) is 0 Å². The summed E-state index contributed by atoms with van der Waals surface area (Å²) in [6.07, 6.45) is 0. The normalized spacial score (nSPS) is 10.7. The number of benzene rings is 3. The van der Waals surface area contributed by atoms with Gasteiger partial charge in [0.1, 0.15) is 0 Å². The lowest BCUT2D eigenvalue weighted by atomic mass is 10.00. The van der Waals surface area contributed by atoms with E-state index in [0.29, 0.717) is 20.9 Å². The van der Waals surface area contributed by atoms with Gasteiger partial charge in [-0.05, 0) is 25.5 Å². The van der Waals surface area contributed by atoms with Gasteiger partial charge < -0.3 is 0 Å². The quantitative estimate of drug-likeness (QED) is 0.361. The van der Waals surface area contributed by atoms with E-state index >= 15 is 0 Å². The zero-order valence-corrected chi connectivity index (χ0v) is 17.1. The second-order valence-corrected chi connectivity index (χ2v) is 8.16. The van der Waals surface area contributed by atoms with E-state index < -0.39 is 0 Å². The number of ketones is 2. The van der Waals surface area contributed by atoms with Crippen LogP contribution < -0.4 is 0 Å². The van der Waals surface area contributed by atoms with E-state index in [1.807, 2.05) is 98.8 Å². The second kappa shape index (κ2) is 7.98. The van der Waals surface area contributed by atoms with Gasteiger partial charge in [0.2, 0.25) is 11.6 Å². The van der Waals surface area contributed by atoms with Gasteiger partial charge in [-0.25, -0.2) is 0 Å². The lowest BCUT2D eigenvalue weighted by molar-refractivity contribution is 0.103. The van der Waals surface area contributed by atoms with Crippen molar-refractivity contribution in [1.82, 2.24) is 0 Å². The summed E-state index contributed by atoms with van der Waals surface area (Å²) in [7, 11) is 0. The van der Waals surface area contributed by atoms with E-state index in [0.717, 1.165) is 22.3 Å². The van der Waals surface area contributed by atoms with E-state index in [9.17, 15) is 9.59 Å². The molecule has 1 aromatic heterocycles. The Labute approximate surface area is 174 Å². The SMILES string of the molecule is Cc1ccc(C(=O)c2cc(-c3ccccc3)c(C(=O)c3ccc(C)cc3)s2)cc1. The fourth-order valence-corrected chi connectivity index (χ4v) is 4.29. The highest BCUT2D eigenvalue weighted by Crippen LogP contribution is 2.34. The van der Waals surface area contributed by atoms with E-state index in [1.165, 1.54) is 11.3 Å². The molecule has 142 valence electrons. The monoisotopic (exact) mass is 396 g/mol. The molecular formula is C26H20O2S. The summed E-state index contributed by atoms with van der Waals surface area (Å²) in [5, 5.41) is 0. The van der Waals surface area contributed by atoms with Gasteiger partial charge in [-0.1, -0.05) is 90.0 Å². The first kappa shape index (κ1) is 19.0. The summed E-state index contributed by atoms with van der Waals surface area (Å²) in [4.78, 5) is 27.5. The molecule has 3 aromatic carbocycles. The lowest BCUT2D eigenvalue weighted by Crippen LogP contribution is -2.00. The van der Waals surface area contributed by atoms with Crippen molar-refractivity contribution in [2.75, 3.05) is 0 Å². The lowest BCUT2D eigenvalue weighted by Gasteiger charge is -2.04. The van der Waals surface area contributed by atoms with Crippen LogP contribution in [0.5, 0.6) is 0 Å². The maximum Gasteiger partial charge on any atom is 0.203 e. The van der Waals surface area contributed by atoms with Gasteiger partial charge in [0.15, 0.2) is 0 Å². The first-order valence-electron chi connectivity index (χ1n) is 9.45. The minimum Gasteiger partial charge on any atom is -0.288 e. The molecule has 0 amide bonds. The summed E-state index contributed by atoms with van der Waals surface area (Å²) >= 11 is 1.27. The molecule has 0 radical (unpaired) electrons. The van der Waals surface area contributed by atoms with Crippen molar-refractivity contribution >= 4 is 22.9 Å². The third-order valence-corrected chi connectivity index (χ3v) is 6.01. The summed E-state index contributed by atoms with van der Waals surface area (Å²) in [5.74, 6) is -0.119. The number of carbonyl (C=O) groups is 2. The minimum atomic E-state index is -0.0601. The number of rotatable bonds is 5. The van der Waals surface area contributed by atoms with E-state index in [-0.39, 0.29) is 11.6 Å². The molecular weight excluding hydrogens is 376 g/mol. The fraction of sp³-hybridized carbons (Fsp3) is 0.0769. The number of hydrogen-bond donors (Lipinski definition) is 0. The van der Waals surface area contributed by atoms with Crippen LogP contribution in [0, 0.1) is 13.8 Å². The molecule has 0 fully saturated rings. The molecule has 0 aliphatic heterocycles. The van der Waals surface area contributed by atoms with Crippen LogP contribution in [0.1, 0.15) is 41.6 Å². The third kappa shape index (κ3) is 3.96. The van der Waals surface area contributed by atoms with Crippen LogP contribution in [-0.4, -0.2) is 11.6 Å². The smallest absolute Gasteiger partial charge is 0.203 e. The summed E-state index contributed by atoms with van der Waals surface area (Å²) in [6.45, 7) is 3.98. The maximum atomic E-state index is 13.3. The van der Waals surface area contributed by atoms with Crippen molar-refractivity contribution in [2.45, 2.75) is 13.8 Å². The van der Waals surface area contributed by atoms with Crippen LogP contribution in [0.2, 0.25) is 0 Å². The van der Waals surface area contributed by atoms with Crippen molar-refractivity contribution in [3.8, 4) is 11.1 Å². The van der Waals surface area contributed by atoms with Gasteiger partial charge in [-0.3, -0.25) is 9.59 Å². The number of aryl methyl sites for hydroxylation is 2. The molecule has 2 nitrogen and oxygen atoms in total. The van der Waals surface area contributed by atoms with Crippen molar-refractivity contribution in [1.29, 1.82) is 0 Å².